The third kappa shape index (κ3) is 4.52. The Morgan fingerprint density at radius 1 is 1.16 bits per heavy atom. The lowest BCUT2D eigenvalue weighted by atomic mass is 10.2. The van der Waals surface area contributed by atoms with Crippen molar-refractivity contribution in [1.82, 2.24) is 25.1 Å². The van der Waals surface area contributed by atoms with Crippen LogP contribution < -0.4 is 4.72 Å². The van der Waals surface area contributed by atoms with Crippen LogP contribution in [0.15, 0.2) is 47.9 Å². The summed E-state index contributed by atoms with van der Waals surface area (Å²) in [6, 6.07) is 4.22. The number of aliphatic hydroxyl groups is 1. The van der Waals surface area contributed by atoms with E-state index in [-0.39, 0.29) is 34.2 Å². The van der Waals surface area contributed by atoms with E-state index in [1.54, 1.807) is 12.3 Å². The Bertz CT molecular complexity index is 1480. The zero-order chi connectivity index (χ0) is 22.7. The van der Waals surface area contributed by atoms with E-state index in [0.29, 0.717) is 11.2 Å². The summed E-state index contributed by atoms with van der Waals surface area (Å²) in [4.78, 5) is 11.6. The number of sulfonamides is 1. The Hall–Kier alpha value is -3.59. The van der Waals surface area contributed by atoms with Crippen molar-refractivity contribution in [3.63, 3.8) is 0 Å². The molecule has 0 aliphatic carbocycles. The highest BCUT2D eigenvalue weighted by atomic mass is 35.5. The van der Waals surface area contributed by atoms with Gasteiger partial charge in [-0.05, 0) is 18.2 Å². The number of aliphatic hydroxyl groups excluding tert-OH is 1. The van der Waals surface area contributed by atoms with Crippen molar-refractivity contribution in [2.75, 3.05) is 11.3 Å². The Morgan fingerprint density at radius 3 is 2.81 bits per heavy atom. The lowest BCUT2D eigenvalue weighted by molar-refractivity contribution is 0.297. The maximum atomic E-state index is 14.9. The zero-order valence-corrected chi connectivity index (χ0v) is 17.7. The average Bonchev–Trinajstić information content (AvgIpc) is 3.23. The van der Waals surface area contributed by atoms with E-state index in [1.165, 1.54) is 30.7 Å². The fourth-order valence-corrected chi connectivity index (χ4v) is 4.29. The van der Waals surface area contributed by atoms with E-state index in [1.807, 2.05) is 0 Å². The summed E-state index contributed by atoms with van der Waals surface area (Å²) in [5.74, 6) is 3.96. The van der Waals surface area contributed by atoms with E-state index in [0.717, 1.165) is 5.39 Å². The number of fused-ring (bicyclic) bond motifs is 1. The number of halogens is 2. The first-order valence-electron chi connectivity index (χ1n) is 9.11. The lowest BCUT2D eigenvalue weighted by Crippen LogP contribution is -2.18. The van der Waals surface area contributed by atoms with Crippen molar-refractivity contribution in [2.24, 2.45) is 0 Å². The molecule has 4 aromatic heterocycles. The maximum Gasteiger partial charge on any atom is 0.265 e. The molecule has 0 radical (unpaired) electrons. The Balaban J connectivity index is 1.65. The van der Waals surface area contributed by atoms with Crippen LogP contribution in [-0.4, -0.2) is 45.3 Å². The number of H-pyrrole nitrogens is 1. The van der Waals surface area contributed by atoms with Gasteiger partial charge in [-0.3, -0.25) is 14.8 Å². The number of nitrogens with one attached hydrogen (secondary N) is 2. The third-order valence-electron chi connectivity index (χ3n) is 4.29. The van der Waals surface area contributed by atoms with Gasteiger partial charge in [0.2, 0.25) is 0 Å². The van der Waals surface area contributed by atoms with Gasteiger partial charge in [-0.1, -0.05) is 23.4 Å². The number of aromatic nitrogens is 5. The second kappa shape index (κ2) is 8.88. The second-order valence-electron chi connectivity index (χ2n) is 6.48. The van der Waals surface area contributed by atoms with Crippen LogP contribution >= 0.6 is 11.6 Å². The summed E-state index contributed by atoms with van der Waals surface area (Å²) in [5.41, 5.74) is 1.14. The van der Waals surface area contributed by atoms with Crippen LogP contribution in [0.2, 0.25) is 5.02 Å². The van der Waals surface area contributed by atoms with Gasteiger partial charge < -0.3 is 5.11 Å². The minimum atomic E-state index is -4.29. The van der Waals surface area contributed by atoms with Gasteiger partial charge in [0, 0.05) is 42.6 Å². The highest BCUT2D eigenvalue weighted by Gasteiger charge is 2.23. The molecule has 0 spiro atoms. The molecular weight excluding hydrogens is 459 g/mol. The summed E-state index contributed by atoms with van der Waals surface area (Å²) < 4.78 is 42.7. The number of anilines is 1. The van der Waals surface area contributed by atoms with Gasteiger partial charge in [-0.15, -0.1) is 0 Å². The minimum absolute atomic E-state index is 0.0239. The zero-order valence-electron chi connectivity index (χ0n) is 16.2. The van der Waals surface area contributed by atoms with Crippen LogP contribution in [-0.2, 0) is 16.4 Å². The Morgan fingerprint density at radius 2 is 2.00 bits per heavy atom. The van der Waals surface area contributed by atoms with Gasteiger partial charge in [0.05, 0.1) is 22.5 Å². The molecule has 4 heterocycles. The first-order valence-corrected chi connectivity index (χ1v) is 11.0. The molecule has 9 nitrogen and oxygen atoms in total. The summed E-state index contributed by atoms with van der Waals surface area (Å²) in [6.45, 7) is -0.325. The molecule has 0 amide bonds. The van der Waals surface area contributed by atoms with E-state index in [9.17, 15) is 12.8 Å². The van der Waals surface area contributed by atoms with Gasteiger partial charge in [0.1, 0.15) is 4.90 Å². The Kier molecular flexibility index (Phi) is 6.00. The molecule has 0 bridgehead atoms. The molecule has 4 rings (SSSR count). The number of rotatable bonds is 5. The molecule has 0 aliphatic rings. The number of aromatic amines is 1. The van der Waals surface area contributed by atoms with E-state index in [4.69, 9.17) is 16.7 Å². The number of nitrogens with zero attached hydrogens (tertiary/aromatic N) is 4. The predicted octanol–water partition coefficient (Wildman–Crippen LogP) is 2.28. The van der Waals surface area contributed by atoms with Crippen molar-refractivity contribution < 1.29 is 17.9 Å². The van der Waals surface area contributed by atoms with E-state index < -0.39 is 21.7 Å². The Labute approximate surface area is 186 Å². The van der Waals surface area contributed by atoms with Crippen molar-refractivity contribution in [1.29, 1.82) is 0 Å². The molecule has 0 fully saturated rings. The maximum absolute atomic E-state index is 14.9. The normalized spacial score (nSPS) is 11.2. The van der Waals surface area contributed by atoms with Crippen LogP contribution in [0, 0.1) is 17.7 Å². The largest absolute Gasteiger partial charge is 0.396 e. The fourth-order valence-electron chi connectivity index (χ4n) is 2.81. The monoisotopic (exact) mass is 472 g/mol. The predicted molar refractivity (Wildman–Crippen MR) is 115 cm³/mol. The van der Waals surface area contributed by atoms with Gasteiger partial charge >= 0.3 is 0 Å². The molecule has 0 aromatic carbocycles. The molecular formula is C20H14ClFN6O3S. The van der Waals surface area contributed by atoms with Gasteiger partial charge in [0.25, 0.3) is 10.0 Å². The van der Waals surface area contributed by atoms with Crippen LogP contribution in [0.3, 0.4) is 0 Å². The standard InChI is InChI=1S/C20H14ClFN6O3S/c21-15-8-17(16(4-6-29)24-11-15)32(30,31)28-20-18(22)13(3-5-23-20)2-1-12-7-14-10-26-27-19(14)25-9-12/h3,5,7-11,29H,4,6H2,(H,23,28)(H,25,26,27). The number of pyridine rings is 3. The molecule has 4 aromatic rings. The van der Waals surface area contributed by atoms with Crippen LogP contribution in [0.5, 0.6) is 0 Å². The third-order valence-corrected chi connectivity index (χ3v) is 5.89. The lowest BCUT2D eigenvalue weighted by Gasteiger charge is -2.12. The summed E-state index contributed by atoms with van der Waals surface area (Å²) in [7, 11) is -4.29. The molecule has 162 valence electrons. The van der Waals surface area contributed by atoms with Crippen molar-refractivity contribution in [2.45, 2.75) is 11.3 Å². The average molecular weight is 473 g/mol. The number of hydrogen-bond donors (Lipinski definition) is 3. The topological polar surface area (TPSA) is 134 Å². The second-order valence-corrected chi connectivity index (χ2v) is 8.57. The highest BCUT2D eigenvalue weighted by Crippen LogP contribution is 2.23. The minimum Gasteiger partial charge on any atom is -0.396 e. The summed E-state index contributed by atoms with van der Waals surface area (Å²) >= 11 is 5.87. The summed E-state index contributed by atoms with van der Waals surface area (Å²) in [5, 5.41) is 16.6. The van der Waals surface area contributed by atoms with Crippen LogP contribution in [0.4, 0.5) is 10.2 Å². The molecule has 32 heavy (non-hydrogen) atoms. The molecule has 0 aliphatic heterocycles. The SMILES string of the molecule is O=S(=O)(Nc1nccc(C#Cc2cnc3[nH]ncc3c2)c1F)c1cc(Cl)cnc1CCO. The van der Waals surface area contributed by atoms with Crippen molar-refractivity contribution in [3.05, 3.63) is 70.6 Å². The summed E-state index contributed by atoms with van der Waals surface area (Å²) in [6.07, 6.45) is 5.56. The molecule has 0 unspecified atom stereocenters. The molecule has 0 atom stereocenters. The number of hydrogen-bond acceptors (Lipinski definition) is 7. The van der Waals surface area contributed by atoms with Gasteiger partial charge in [0.15, 0.2) is 17.3 Å². The van der Waals surface area contributed by atoms with Gasteiger partial charge in [-0.25, -0.2) is 22.8 Å². The van der Waals surface area contributed by atoms with Crippen molar-refractivity contribution in [3.8, 4) is 11.8 Å². The first-order chi connectivity index (χ1) is 15.4. The molecule has 12 heteroatoms. The van der Waals surface area contributed by atoms with Gasteiger partial charge in [-0.2, -0.15) is 5.10 Å². The van der Waals surface area contributed by atoms with Crippen molar-refractivity contribution >= 4 is 38.5 Å². The smallest absolute Gasteiger partial charge is 0.265 e. The molecule has 0 saturated carbocycles. The fraction of sp³-hybridized carbons (Fsp3) is 0.100. The molecule has 0 saturated heterocycles. The van der Waals surface area contributed by atoms with Crippen LogP contribution in [0.25, 0.3) is 11.0 Å². The van der Waals surface area contributed by atoms with Crippen LogP contribution in [0.1, 0.15) is 16.8 Å². The van der Waals surface area contributed by atoms with E-state index in [2.05, 4.69) is 41.7 Å². The quantitative estimate of drug-likeness (QED) is 0.379. The first kappa shape index (κ1) is 21.6. The highest BCUT2D eigenvalue weighted by molar-refractivity contribution is 7.92. The van der Waals surface area contributed by atoms with E-state index >= 15 is 0 Å². The molecule has 3 N–H and O–H groups in total.